The van der Waals surface area contributed by atoms with Crippen molar-refractivity contribution in [2.75, 3.05) is 5.32 Å². The molecule has 0 unspecified atom stereocenters. The van der Waals surface area contributed by atoms with Crippen molar-refractivity contribution in [3.8, 4) is 0 Å². The van der Waals surface area contributed by atoms with E-state index in [1.807, 2.05) is 0 Å². The van der Waals surface area contributed by atoms with Crippen LogP contribution in [0.2, 0.25) is 0 Å². The fourth-order valence-corrected chi connectivity index (χ4v) is 2.00. The summed E-state index contributed by atoms with van der Waals surface area (Å²) in [5.41, 5.74) is 5.48. The molecule has 78 valence electrons. The zero-order valence-electron chi connectivity index (χ0n) is 8.82. The molecule has 15 heavy (non-hydrogen) atoms. The molecule has 0 atom stereocenters. The molecule has 1 N–H and O–H groups in total. The van der Waals surface area contributed by atoms with Crippen molar-refractivity contribution in [3.05, 3.63) is 39.8 Å². The van der Waals surface area contributed by atoms with Crippen LogP contribution in [-0.4, -0.2) is 10.2 Å². The Bertz CT molecular complexity index is 417. The van der Waals surface area contributed by atoms with Crippen LogP contribution < -0.4 is 5.32 Å². The lowest BCUT2D eigenvalue weighted by Crippen LogP contribution is -2.02. The summed E-state index contributed by atoms with van der Waals surface area (Å²) in [6.45, 7) is 4.96. The molecule has 1 aromatic heterocycles. The zero-order valence-corrected chi connectivity index (χ0v) is 9.64. The highest BCUT2D eigenvalue weighted by Crippen LogP contribution is 2.20. The van der Waals surface area contributed by atoms with Crippen molar-refractivity contribution in [1.29, 1.82) is 0 Å². The van der Waals surface area contributed by atoms with E-state index < -0.39 is 0 Å². The van der Waals surface area contributed by atoms with E-state index in [1.165, 1.54) is 16.8 Å². The van der Waals surface area contributed by atoms with Gasteiger partial charge in [-0.2, -0.15) is 0 Å². The number of nitrogens with one attached hydrogen (secondary N) is 1. The van der Waals surface area contributed by atoms with Gasteiger partial charge in [0.15, 0.2) is 0 Å². The molecular formula is C11H13N3S. The number of anilines is 1. The molecular weight excluding hydrogens is 206 g/mol. The molecule has 3 nitrogen and oxygen atoms in total. The molecule has 0 saturated heterocycles. The molecule has 2 rings (SSSR count). The third-order valence-corrected chi connectivity index (χ3v) is 3.00. The molecule has 0 saturated carbocycles. The summed E-state index contributed by atoms with van der Waals surface area (Å²) >= 11 is 1.57. The van der Waals surface area contributed by atoms with E-state index in [0.29, 0.717) is 0 Å². The largest absolute Gasteiger partial charge is 0.378 e. The van der Waals surface area contributed by atoms with Gasteiger partial charge in [-0.3, -0.25) is 0 Å². The number of hydrogen-bond donors (Lipinski definition) is 1. The molecule has 0 aliphatic rings. The van der Waals surface area contributed by atoms with E-state index in [2.05, 4.69) is 47.6 Å². The van der Waals surface area contributed by atoms with Crippen molar-refractivity contribution in [1.82, 2.24) is 10.2 Å². The quantitative estimate of drug-likeness (QED) is 0.862. The highest BCUT2D eigenvalue weighted by Gasteiger charge is 2.02. The standard InChI is InChI=1S/C11H13N3S/c1-8-4-3-5-9(2)11(8)12-6-10-14-13-7-15-10/h3-5,7,12H,6H2,1-2H3. The number of benzene rings is 1. The van der Waals surface area contributed by atoms with Gasteiger partial charge in [0, 0.05) is 5.69 Å². The smallest absolute Gasteiger partial charge is 0.136 e. The van der Waals surface area contributed by atoms with Crippen LogP contribution in [-0.2, 0) is 6.54 Å². The Balaban J connectivity index is 2.11. The van der Waals surface area contributed by atoms with Crippen molar-refractivity contribution in [2.45, 2.75) is 20.4 Å². The molecule has 4 heteroatoms. The minimum atomic E-state index is 0.746. The third kappa shape index (κ3) is 2.33. The van der Waals surface area contributed by atoms with Gasteiger partial charge in [-0.15, -0.1) is 21.5 Å². The van der Waals surface area contributed by atoms with Gasteiger partial charge in [0.05, 0.1) is 6.54 Å². The molecule has 0 bridgehead atoms. The lowest BCUT2D eigenvalue weighted by Gasteiger charge is -2.10. The van der Waals surface area contributed by atoms with Crippen LogP contribution in [0.4, 0.5) is 5.69 Å². The number of hydrogen-bond acceptors (Lipinski definition) is 4. The van der Waals surface area contributed by atoms with Crippen molar-refractivity contribution in [2.24, 2.45) is 0 Å². The minimum absolute atomic E-state index is 0.746. The topological polar surface area (TPSA) is 37.8 Å². The Hall–Kier alpha value is -1.42. The lowest BCUT2D eigenvalue weighted by molar-refractivity contribution is 0.987. The van der Waals surface area contributed by atoms with E-state index in [9.17, 15) is 0 Å². The zero-order chi connectivity index (χ0) is 10.7. The van der Waals surface area contributed by atoms with E-state index in [4.69, 9.17) is 0 Å². The number of aryl methyl sites for hydroxylation is 2. The maximum absolute atomic E-state index is 4.00. The summed E-state index contributed by atoms with van der Waals surface area (Å²) in [5.74, 6) is 0. The third-order valence-electron chi connectivity index (χ3n) is 2.30. The van der Waals surface area contributed by atoms with Crippen LogP contribution in [0.25, 0.3) is 0 Å². The first-order chi connectivity index (χ1) is 7.27. The second-order valence-corrected chi connectivity index (χ2v) is 4.37. The van der Waals surface area contributed by atoms with Crippen LogP contribution in [0.1, 0.15) is 16.1 Å². The van der Waals surface area contributed by atoms with Crippen molar-refractivity contribution in [3.63, 3.8) is 0 Å². The molecule has 0 aliphatic carbocycles. The van der Waals surface area contributed by atoms with Gasteiger partial charge in [0.2, 0.25) is 0 Å². The average molecular weight is 219 g/mol. The summed E-state index contributed by atoms with van der Waals surface area (Å²) < 4.78 is 0. The first-order valence-corrected chi connectivity index (χ1v) is 5.70. The second kappa shape index (κ2) is 4.40. The molecule has 0 aliphatic heterocycles. The summed E-state index contributed by atoms with van der Waals surface area (Å²) in [7, 11) is 0. The van der Waals surface area contributed by atoms with Gasteiger partial charge in [-0.1, -0.05) is 18.2 Å². The van der Waals surface area contributed by atoms with Crippen molar-refractivity contribution >= 4 is 17.0 Å². The van der Waals surface area contributed by atoms with Crippen LogP contribution >= 0.6 is 11.3 Å². The molecule has 0 spiro atoms. The molecule has 2 aromatic rings. The van der Waals surface area contributed by atoms with E-state index in [1.54, 1.807) is 16.8 Å². The monoisotopic (exact) mass is 219 g/mol. The Labute approximate surface area is 93.2 Å². The maximum atomic E-state index is 4.00. The van der Waals surface area contributed by atoms with Gasteiger partial charge >= 0.3 is 0 Å². The molecule has 1 heterocycles. The predicted molar refractivity (Wildman–Crippen MR) is 63.2 cm³/mol. The van der Waals surface area contributed by atoms with E-state index in [0.717, 1.165) is 11.6 Å². The normalized spacial score (nSPS) is 10.3. The Kier molecular flexibility index (Phi) is 2.97. The van der Waals surface area contributed by atoms with Crippen LogP contribution in [0.3, 0.4) is 0 Å². The lowest BCUT2D eigenvalue weighted by atomic mass is 10.1. The summed E-state index contributed by atoms with van der Waals surface area (Å²) in [6.07, 6.45) is 0. The minimum Gasteiger partial charge on any atom is -0.378 e. The maximum Gasteiger partial charge on any atom is 0.136 e. The number of nitrogens with zero attached hydrogens (tertiary/aromatic N) is 2. The molecule has 0 fully saturated rings. The number of rotatable bonds is 3. The SMILES string of the molecule is Cc1cccc(C)c1NCc1nncs1. The summed E-state index contributed by atoms with van der Waals surface area (Å²) in [4.78, 5) is 0. The average Bonchev–Trinajstić information content (AvgIpc) is 2.70. The van der Waals surface area contributed by atoms with Crippen molar-refractivity contribution < 1.29 is 0 Å². The predicted octanol–water partition coefficient (Wildman–Crippen LogP) is 2.77. The Morgan fingerprint density at radius 2 is 2.00 bits per heavy atom. The number of para-hydroxylation sites is 1. The van der Waals surface area contributed by atoms with Crippen LogP contribution in [0.5, 0.6) is 0 Å². The summed E-state index contributed by atoms with van der Waals surface area (Å²) in [6, 6.07) is 6.28. The van der Waals surface area contributed by atoms with Crippen LogP contribution in [0.15, 0.2) is 23.7 Å². The molecule has 1 aromatic carbocycles. The first-order valence-electron chi connectivity index (χ1n) is 4.82. The van der Waals surface area contributed by atoms with Gasteiger partial charge in [0.1, 0.15) is 10.5 Å². The number of aromatic nitrogens is 2. The highest BCUT2D eigenvalue weighted by atomic mass is 32.1. The molecule has 0 radical (unpaired) electrons. The Morgan fingerprint density at radius 3 is 2.60 bits per heavy atom. The van der Waals surface area contributed by atoms with Gasteiger partial charge < -0.3 is 5.32 Å². The summed E-state index contributed by atoms with van der Waals surface area (Å²) in [5, 5.41) is 12.2. The van der Waals surface area contributed by atoms with E-state index in [-0.39, 0.29) is 0 Å². The first kappa shape index (κ1) is 10.1. The Morgan fingerprint density at radius 1 is 1.27 bits per heavy atom. The second-order valence-electron chi connectivity index (χ2n) is 3.45. The van der Waals surface area contributed by atoms with Gasteiger partial charge in [-0.05, 0) is 25.0 Å². The van der Waals surface area contributed by atoms with Crippen LogP contribution in [0, 0.1) is 13.8 Å². The van der Waals surface area contributed by atoms with E-state index >= 15 is 0 Å². The fraction of sp³-hybridized carbons (Fsp3) is 0.273. The fourth-order valence-electron chi connectivity index (χ4n) is 1.53. The van der Waals surface area contributed by atoms with Gasteiger partial charge in [0.25, 0.3) is 0 Å². The van der Waals surface area contributed by atoms with Gasteiger partial charge in [-0.25, -0.2) is 0 Å². The highest BCUT2D eigenvalue weighted by molar-refractivity contribution is 7.09. The molecule has 0 amide bonds.